The predicted octanol–water partition coefficient (Wildman–Crippen LogP) is 3.30. The first kappa shape index (κ1) is 21.5. The lowest BCUT2D eigenvalue weighted by Gasteiger charge is -2.43. The van der Waals surface area contributed by atoms with Crippen molar-refractivity contribution in [3.63, 3.8) is 0 Å². The van der Waals surface area contributed by atoms with Crippen LogP contribution in [0.4, 0.5) is 28.9 Å². The molecule has 0 spiro atoms. The molecule has 168 valence electrons. The first-order valence-corrected chi connectivity index (χ1v) is 9.50. The quantitative estimate of drug-likeness (QED) is 0.533. The molecule has 0 radical (unpaired) electrons. The Labute approximate surface area is 179 Å². The maximum atomic E-state index is 14.7. The van der Waals surface area contributed by atoms with E-state index >= 15 is 0 Å². The molecule has 2 aromatic rings. The fourth-order valence-electron chi connectivity index (χ4n) is 3.92. The molecule has 0 bridgehead atoms. The van der Waals surface area contributed by atoms with Gasteiger partial charge in [0.1, 0.15) is 18.1 Å². The van der Waals surface area contributed by atoms with E-state index in [9.17, 15) is 32.3 Å². The number of nitrogens with one attached hydrogen (secondary N) is 2. The van der Waals surface area contributed by atoms with Crippen molar-refractivity contribution in [2.24, 2.45) is 0 Å². The summed E-state index contributed by atoms with van der Waals surface area (Å²) in [7, 11) is 0. The molecule has 2 aliphatic heterocycles. The zero-order chi connectivity index (χ0) is 23.2. The number of benzene rings is 2. The third-order valence-corrected chi connectivity index (χ3v) is 5.42. The van der Waals surface area contributed by atoms with Crippen molar-refractivity contribution in [3.8, 4) is 0 Å². The van der Waals surface area contributed by atoms with Gasteiger partial charge in [0.05, 0.1) is 40.7 Å². The van der Waals surface area contributed by atoms with E-state index in [2.05, 4.69) is 10.6 Å². The number of carbonyl (C=O) groups excluding carboxylic acids is 1. The van der Waals surface area contributed by atoms with Crippen molar-refractivity contribution >= 4 is 29.0 Å². The van der Waals surface area contributed by atoms with Crippen molar-refractivity contribution in [1.29, 1.82) is 0 Å². The summed E-state index contributed by atoms with van der Waals surface area (Å²) in [6.45, 7) is -0.656. The molecule has 0 aromatic heterocycles. The topological polar surface area (TPSA) is 102 Å². The van der Waals surface area contributed by atoms with Crippen LogP contribution in [0.5, 0.6) is 0 Å². The maximum Gasteiger partial charge on any atom is 0.416 e. The van der Waals surface area contributed by atoms with Crippen molar-refractivity contribution < 1.29 is 37.4 Å². The Balaban J connectivity index is 1.76. The molecule has 4 N–H and O–H groups in total. The van der Waals surface area contributed by atoms with Crippen molar-refractivity contribution in [1.82, 2.24) is 5.32 Å². The van der Waals surface area contributed by atoms with Crippen LogP contribution in [-0.4, -0.2) is 41.7 Å². The molecule has 1 atom stereocenters. The molecule has 2 aromatic carbocycles. The number of aliphatic hydroxyl groups excluding tert-OH is 1. The van der Waals surface area contributed by atoms with E-state index in [1.165, 1.54) is 18.2 Å². The predicted molar refractivity (Wildman–Crippen MR) is 107 cm³/mol. The highest BCUT2D eigenvalue weighted by Gasteiger charge is 2.39. The highest BCUT2D eigenvalue weighted by Crippen LogP contribution is 2.47. The minimum atomic E-state index is -4.50. The molecular formula is C21H17F4N3O4. The number of nitrogens with zero attached hydrogens (tertiary/aromatic N) is 1. The third kappa shape index (κ3) is 3.70. The molecule has 1 amide bonds. The zero-order valence-electron chi connectivity index (χ0n) is 16.3. The molecule has 4 rings (SSSR count). The molecule has 11 heteroatoms. The zero-order valence-corrected chi connectivity index (χ0v) is 16.3. The Kier molecular flexibility index (Phi) is 5.19. The van der Waals surface area contributed by atoms with Gasteiger partial charge >= 0.3 is 12.1 Å². The fourth-order valence-corrected chi connectivity index (χ4v) is 3.92. The highest BCUT2D eigenvalue weighted by atomic mass is 19.4. The van der Waals surface area contributed by atoms with Crippen LogP contribution in [0.2, 0.25) is 0 Å². The van der Waals surface area contributed by atoms with Crippen molar-refractivity contribution in [2.45, 2.75) is 12.2 Å². The number of rotatable bonds is 4. The van der Waals surface area contributed by atoms with Gasteiger partial charge in [-0.15, -0.1) is 0 Å². The number of alkyl halides is 3. The van der Waals surface area contributed by atoms with Crippen LogP contribution in [0.25, 0.3) is 5.76 Å². The standard InChI is InChI=1S/C21H17F4N3O4/c22-13-5-6-14-18-17(13)19(31)12(20(32)27-8-16(29)30)9-28(18)15(7-26-14)10-1-3-11(4-2-10)21(23,24)25/h1-6,15,26,31H,7-9H2,(H,27,32)(H,29,30). The van der Waals surface area contributed by atoms with Crippen LogP contribution in [0, 0.1) is 5.82 Å². The van der Waals surface area contributed by atoms with Gasteiger partial charge in [-0.05, 0) is 29.8 Å². The lowest BCUT2D eigenvalue weighted by Crippen LogP contribution is -2.44. The number of halogens is 4. The molecule has 1 unspecified atom stereocenters. The Morgan fingerprint density at radius 3 is 2.47 bits per heavy atom. The lowest BCUT2D eigenvalue weighted by molar-refractivity contribution is -0.138. The summed E-state index contributed by atoms with van der Waals surface area (Å²) >= 11 is 0. The van der Waals surface area contributed by atoms with Crippen LogP contribution in [0.3, 0.4) is 0 Å². The number of anilines is 2. The smallest absolute Gasteiger partial charge is 0.416 e. The SMILES string of the molecule is O=C(O)CNC(=O)C1=C(O)c2c(F)ccc3c2N(C1)C(c1ccc(C(F)(F)F)cc1)CN3. The molecule has 0 fully saturated rings. The van der Waals surface area contributed by atoms with Crippen LogP contribution in [-0.2, 0) is 15.8 Å². The van der Waals surface area contributed by atoms with Crippen molar-refractivity contribution in [3.05, 3.63) is 64.5 Å². The summed E-state index contributed by atoms with van der Waals surface area (Å²) < 4.78 is 53.5. The monoisotopic (exact) mass is 451 g/mol. The molecular weight excluding hydrogens is 434 g/mol. The van der Waals surface area contributed by atoms with Gasteiger partial charge in [0, 0.05) is 6.54 Å². The number of aliphatic carboxylic acids is 1. The number of carbonyl (C=O) groups is 2. The number of hydrogen-bond acceptors (Lipinski definition) is 5. The van der Waals surface area contributed by atoms with Crippen LogP contribution < -0.4 is 15.5 Å². The Morgan fingerprint density at radius 2 is 1.84 bits per heavy atom. The summed E-state index contributed by atoms with van der Waals surface area (Å²) in [4.78, 5) is 24.9. The summed E-state index contributed by atoms with van der Waals surface area (Å²) in [5.74, 6) is -3.60. The molecule has 0 saturated heterocycles. The van der Waals surface area contributed by atoms with E-state index in [-0.39, 0.29) is 29.9 Å². The van der Waals surface area contributed by atoms with Gasteiger partial charge in [-0.3, -0.25) is 9.59 Å². The van der Waals surface area contributed by atoms with Gasteiger partial charge in [-0.25, -0.2) is 4.39 Å². The van der Waals surface area contributed by atoms with E-state index in [1.54, 1.807) is 4.90 Å². The van der Waals surface area contributed by atoms with Crippen molar-refractivity contribution in [2.75, 3.05) is 29.9 Å². The molecule has 2 aliphatic rings. The molecule has 7 nitrogen and oxygen atoms in total. The molecule has 2 heterocycles. The Hall–Kier alpha value is -3.76. The largest absolute Gasteiger partial charge is 0.507 e. The average molecular weight is 451 g/mol. The van der Waals surface area contributed by atoms with E-state index in [4.69, 9.17) is 5.11 Å². The summed E-state index contributed by atoms with van der Waals surface area (Å²) in [5.41, 5.74) is -0.0541. The Morgan fingerprint density at radius 1 is 1.16 bits per heavy atom. The minimum Gasteiger partial charge on any atom is -0.507 e. The fraction of sp³-hybridized carbons (Fsp3) is 0.238. The number of hydrogen-bond donors (Lipinski definition) is 4. The van der Waals surface area contributed by atoms with E-state index in [1.807, 2.05) is 0 Å². The maximum absolute atomic E-state index is 14.7. The van der Waals surface area contributed by atoms with E-state index in [0.717, 1.165) is 18.2 Å². The Bertz CT molecular complexity index is 1130. The van der Waals surface area contributed by atoms with E-state index in [0.29, 0.717) is 11.3 Å². The normalized spacial score (nSPS) is 17.5. The van der Waals surface area contributed by atoms with Crippen LogP contribution in [0.15, 0.2) is 42.0 Å². The van der Waals surface area contributed by atoms with Crippen LogP contribution in [0.1, 0.15) is 22.7 Å². The number of carboxylic acid groups (broad SMARTS) is 1. The van der Waals surface area contributed by atoms with Gasteiger partial charge < -0.3 is 25.7 Å². The second-order valence-corrected chi connectivity index (χ2v) is 7.37. The highest BCUT2D eigenvalue weighted by molar-refractivity contribution is 6.05. The van der Waals surface area contributed by atoms with Gasteiger partial charge in [0.15, 0.2) is 0 Å². The first-order chi connectivity index (χ1) is 15.1. The van der Waals surface area contributed by atoms with E-state index < -0.39 is 47.8 Å². The number of carboxylic acids is 1. The first-order valence-electron chi connectivity index (χ1n) is 9.50. The lowest BCUT2D eigenvalue weighted by atomic mass is 9.91. The summed E-state index contributed by atoms with van der Waals surface area (Å²) in [6.07, 6.45) is -4.50. The second kappa shape index (κ2) is 7.74. The summed E-state index contributed by atoms with van der Waals surface area (Å²) in [5, 5.41) is 24.7. The van der Waals surface area contributed by atoms with Crippen LogP contribution >= 0.6 is 0 Å². The van der Waals surface area contributed by atoms with Gasteiger partial charge in [-0.1, -0.05) is 12.1 Å². The molecule has 0 saturated carbocycles. The van der Waals surface area contributed by atoms with Gasteiger partial charge in [0.2, 0.25) is 0 Å². The minimum absolute atomic E-state index is 0.200. The third-order valence-electron chi connectivity index (χ3n) is 5.42. The number of aliphatic hydroxyl groups is 1. The van der Waals surface area contributed by atoms with Gasteiger partial charge in [0.25, 0.3) is 5.91 Å². The van der Waals surface area contributed by atoms with Gasteiger partial charge in [-0.2, -0.15) is 13.2 Å². The number of amides is 1. The summed E-state index contributed by atoms with van der Waals surface area (Å²) in [6, 6.07) is 6.49. The molecule has 32 heavy (non-hydrogen) atoms. The second-order valence-electron chi connectivity index (χ2n) is 7.37. The molecule has 0 aliphatic carbocycles. The average Bonchev–Trinajstić information content (AvgIpc) is 2.74.